The van der Waals surface area contributed by atoms with Gasteiger partial charge in [0, 0.05) is 13.1 Å². The molecule has 130 valence electrons. The minimum absolute atomic E-state index is 0.774. The van der Waals surface area contributed by atoms with Crippen LogP contribution < -0.4 is 9.47 Å². The molecule has 0 saturated carbocycles. The summed E-state index contributed by atoms with van der Waals surface area (Å²) in [6.45, 7) is 1.93. The largest absolute Gasteiger partial charge is 0.493 e. The van der Waals surface area contributed by atoms with Gasteiger partial charge in [0.2, 0.25) is 0 Å². The van der Waals surface area contributed by atoms with E-state index < -0.39 is 0 Å². The fourth-order valence-electron chi connectivity index (χ4n) is 3.08. The zero-order valence-corrected chi connectivity index (χ0v) is 15.2. The highest BCUT2D eigenvalue weighted by Gasteiger charge is 2.06. The second-order valence-electron chi connectivity index (χ2n) is 6.36. The van der Waals surface area contributed by atoms with Crippen LogP contribution in [-0.4, -0.2) is 32.7 Å². The van der Waals surface area contributed by atoms with Crippen molar-refractivity contribution >= 4 is 10.8 Å². The van der Waals surface area contributed by atoms with Crippen molar-refractivity contribution in [2.75, 3.05) is 27.8 Å². The summed E-state index contributed by atoms with van der Waals surface area (Å²) in [6, 6.07) is 21.3. The van der Waals surface area contributed by atoms with E-state index in [0.717, 1.165) is 31.0 Å². The molecule has 0 aromatic heterocycles. The van der Waals surface area contributed by atoms with E-state index in [2.05, 4.69) is 66.5 Å². The molecule has 0 atom stereocenters. The van der Waals surface area contributed by atoms with Gasteiger partial charge in [0.25, 0.3) is 0 Å². The van der Waals surface area contributed by atoms with Crippen LogP contribution in [0.2, 0.25) is 0 Å². The number of rotatable bonds is 7. The van der Waals surface area contributed by atoms with Gasteiger partial charge >= 0.3 is 0 Å². The molecule has 0 bridgehead atoms. The first-order chi connectivity index (χ1) is 12.2. The zero-order valence-electron chi connectivity index (χ0n) is 15.2. The van der Waals surface area contributed by atoms with Crippen LogP contribution in [0.1, 0.15) is 11.1 Å². The fourth-order valence-corrected chi connectivity index (χ4v) is 3.08. The van der Waals surface area contributed by atoms with Gasteiger partial charge in [-0.15, -0.1) is 0 Å². The third-order valence-corrected chi connectivity index (χ3v) is 4.50. The molecule has 0 unspecified atom stereocenters. The van der Waals surface area contributed by atoms with Crippen LogP contribution in [0.15, 0.2) is 60.7 Å². The van der Waals surface area contributed by atoms with E-state index >= 15 is 0 Å². The van der Waals surface area contributed by atoms with Crippen molar-refractivity contribution in [3.63, 3.8) is 0 Å². The molecular formula is C22H25NO2. The lowest BCUT2D eigenvalue weighted by Gasteiger charge is -2.17. The van der Waals surface area contributed by atoms with Crippen molar-refractivity contribution < 1.29 is 9.47 Å². The molecule has 0 N–H and O–H groups in total. The average Bonchev–Trinajstić information content (AvgIpc) is 2.66. The molecule has 0 fully saturated rings. The van der Waals surface area contributed by atoms with E-state index in [0.29, 0.717) is 0 Å². The van der Waals surface area contributed by atoms with Gasteiger partial charge in [-0.2, -0.15) is 0 Å². The highest BCUT2D eigenvalue weighted by Crippen LogP contribution is 2.27. The second-order valence-corrected chi connectivity index (χ2v) is 6.36. The average molecular weight is 335 g/mol. The molecule has 3 heteroatoms. The molecule has 0 heterocycles. The van der Waals surface area contributed by atoms with Crippen molar-refractivity contribution in [3.8, 4) is 11.5 Å². The molecule has 3 aromatic rings. The second kappa shape index (κ2) is 8.04. The number of hydrogen-bond donors (Lipinski definition) is 0. The topological polar surface area (TPSA) is 21.7 Å². The van der Waals surface area contributed by atoms with Crippen molar-refractivity contribution in [1.82, 2.24) is 4.90 Å². The van der Waals surface area contributed by atoms with Gasteiger partial charge < -0.3 is 14.4 Å². The molecule has 3 rings (SSSR count). The molecule has 0 radical (unpaired) electrons. The van der Waals surface area contributed by atoms with E-state index in [1.165, 1.54) is 21.9 Å². The zero-order chi connectivity index (χ0) is 17.6. The number of fused-ring (bicyclic) bond motifs is 1. The minimum Gasteiger partial charge on any atom is -0.493 e. The number of benzene rings is 3. The van der Waals surface area contributed by atoms with E-state index in [9.17, 15) is 0 Å². The summed E-state index contributed by atoms with van der Waals surface area (Å²) in [6.07, 6.45) is 0.977. The Morgan fingerprint density at radius 2 is 1.48 bits per heavy atom. The number of ether oxygens (including phenoxy) is 2. The lowest BCUT2D eigenvalue weighted by atomic mass is 10.1. The molecule has 0 aliphatic carbocycles. The first-order valence-corrected chi connectivity index (χ1v) is 8.56. The van der Waals surface area contributed by atoms with Crippen molar-refractivity contribution in [2.24, 2.45) is 0 Å². The molecule has 0 saturated heterocycles. The number of methoxy groups -OCH3 is 2. The summed E-state index contributed by atoms with van der Waals surface area (Å²) in [5.41, 5.74) is 2.59. The number of hydrogen-bond acceptors (Lipinski definition) is 3. The Bertz CT molecular complexity index is 844. The van der Waals surface area contributed by atoms with E-state index in [1.807, 2.05) is 6.07 Å². The molecule has 3 nitrogen and oxygen atoms in total. The lowest BCUT2D eigenvalue weighted by molar-refractivity contribution is 0.330. The Kier molecular flexibility index (Phi) is 5.56. The third kappa shape index (κ3) is 4.31. The van der Waals surface area contributed by atoms with Gasteiger partial charge in [0.1, 0.15) is 0 Å². The van der Waals surface area contributed by atoms with E-state index in [-0.39, 0.29) is 0 Å². The summed E-state index contributed by atoms with van der Waals surface area (Å²) in [5.74, 6) is 1.56. The Morgan fingerprint density at radius 1 is 0.760 bits per heavy atom. The molecule has 0 aliphatic rings. The molecule has 3 aromatic carbocycles. The molecule has 25 heavy (non-hydrogen) atoms. The minimum atomic E-state index is 0.774. The first-order valence-electron chi connectivity index (χ1n) is 8.56. The van der Waals surface area contributed by atoms with Gasteiger partial charge in [-0.3, -0.25) is 0 Å². The lowest BCUT2D eigenvalue weighted by Crippen LogP contribution is -2.20. The number of likely N-dealkylation sites (N-methyl/N-ethyl adjacent to an activating group) is 1. The van der Waals surface area contributed by atoms with Crippen LogP contribution in [0.5, 0.6) is 11.5 Å². The van der Waals surface area contributed by atoms with Crippen molar-refractivity contribution in [1.29, 1.82) is 0 Å². The van der Waals surface area contributed by atoms with Crippen LogP contribution in [0, 0.1) is 0 Å². The van der Waals surface area contributed by atoms with Gasteiger partial charge in [-0.1, -0.05) is 42.5 Å². The van der Waals surface area contributed by atoms with Gasteiger partial charge in [-0.05, 0) is 53.6 Å². The Balaban J connectivity index is 1.61. The Hall–Kier alpha value is -2.52. The molecule has 0 aliphatic heterocycles. The highest BCUT2D eigenvalue weighted by atomic mass is 16.5. The smallest absolute Gasteiger partial charge is 0.160 e. The fraction of sp³-hybridized carbons (Fsp3) is 0.273. The highest BCUT2D eigenvalue weighted by molar-refractivity contribution is 5.82. The van der Waals surface area contributed by atoms with Crippen molar-refractivity contribution in [3.05, 3.63) is 71.8 Å². The van der Waals surface area contributed by atoms with E-state index in [1.54, 1.807) is 14.2 Å². The van der Waals surface area contributed by atoms with Crippen LogP contribution in [-0.2, 0) is 13.0 Å². The summed E-state index contributed by atoms with van der Waals surface area (Å²) < 4.78 is 10.7. The normalized spacial score (nSPS) is 11.0. The quantitative estimate of drug-likeness (QED) is 0.633. The number of nitrogens with zero attached hydrogens (tertiary/aromatic N) is 1. The summed E-state index contributed by atoms with van der Waals surface area (Å²) >= 11 is 0. The maximum absolute atomic E-state index is 5.38. The standard InChI is InChI=1S/C22H25NO2/c1-23(13-12-17-9-11-21(24-2)22(15-17)25-3)16-18-8-10-19-6-4-5-7-20(19)14-18/h4-11,14-15H,12-13,16H2,1-3H3. The summed E-state index contributed by atoms with van der Waals surface area (Å²) in [7, 11) is 5.50. The summed E-state index contributed by atoms with van der Waals surface area (Å²) in [4.78, 5) is 2.35. The Labute approximate surface area is 149 Å². The van der Waals surface area contributed by atoms with E-state index in [4.69, 9.17) is 9.47 Å². The van der Waals surface area contributed by atoms with Gasteiger partial charge in [0.15, 0.2) is 11.5 Å². The maximum atomic E-state index is 5.38. The SMILES string of the molecule is COc1ccc(CCN(C)Cc2ccc3ccccc3c2)cc1OC. The Morgan fingerprint density at radius 3 is 2.24 bits per heavy atom. The first kappa shape index (κ1) is 17.3. The monoisotopic (exact) mass is 335 g/mol. The van der Waals surface area contributed by atoms with Crippen LogP contribution in [0.4, 0.5) is 0 Å². The molecule has 0 spiro atoms. The van der Waals surface area contributed by atoms with Crippen molar-refractivity contribution in [2.45, 2.75) is 13.0 Å². The predicted octanol–water partition coefficient (Wildman–Crippen LogP) is 4.53. The van der Waals surface area contributed by atoms with Crippen LogP contribution in [0.25, 0.3) is 10.8 Å². The molecule has 0 amide bonds. The van der Waals surface area contributed by atoms with Gasteiger partial charge in [-0.25, -0.2) is 0 Å². The van der Waals surface area contributed by atoms with Gasteiger partial charge in [0.05, 0.1) is 14.2 Å². The third-order valence-electron chi connectivity index (χ3n) is 4.50. The predicted molar refractivity (Wildman–Crippen MR) is 104 cm³/mol. The van der Waals surface area contributed by atoms with Crippen LogP contribution >= 0.6 is 0 Å². The van der Waals surface area contributed by atoms with Crippen LogP contribution in [0.3, 0.4) is 0 Å². The molecular weight excluding hydrogens is 310 g/mol. The maximum Gasteiger partial charge on any atom is 0.160 e. The summed E-state index contributed by atoms with van der Waals surface area (Å²) in [5, 5.41) is 2.59.